The van der Waals surface area contributed by atoms with E-state index < -0.39 is 0 Å². The van der Waals surface area contributed by atoms with Gasteiger partial charge in [-0.2, -0.15) is 0 Å². The second-order valence-corrected chi connectivity index (χ2v) is 4.85. The lowest BCUT2D eigenvalue weighted by Gasteiger charge is -2.07. The Morgan fingerprint density at radius 3 is 2.38 bits per heavy atom. The molecular weight excluding hydrogens is 271 g/mol. The van der Waals surface area contributed by atoms with Crippen LogP contribution in [0.15, 0.2) is 10.6 Å². The molecule has 0 N–H and O–H groups in total. The van der Waals surface area contributed by atoms with Crippen LogP contribution in [0.5, 0.6) is 0 Å². The molecule has 0 radical (unpaired) electrons. The molecule has 0 aromatic heterocycles. The van der Waals surface area contributed by atoms with Crippen molar-refractivity contribution in [3.63, 3.8) is 0 Å². The van der Waals surface area contributed by atoms with Crippen molar-refractivity contribution in [1.29, 1.82) is 0 Å². The van der Waals surface area contributed by atoms with Crippen molar-refractivity contribution < 1.29 is 0 Å². The van der Waals surface area contributed by atoms with Crippen LogP contribution in [0.4, 0.5) is 0 Å². The van der Waals surface area contributed by atoms with Gasteiger partial charge in [-0.05, 0) is 24.3 Å². The summed E-state index contributed by atoms with van der Waals surface area (Å²) in [5.41, 5.74) is 1.25. The molecule has 0 aliphatic carbocycles. The molecule has 0 bridgehead atoms. The highest BCUT2D eigenvalue weighted by atomic mass is 79.9. The standard InChI is InChI=1S/C10H17BrCl2/c1-8(2)4-3-5-9(6-11)10(13)7-12/h8H,3-7H2,1-2H3/b10-9+. The minimum absolute atomic E-state index is 0.435. The molecule has 0 saturated heterocycles. The normalized spacial score (nSPS) is 13.4. The molecule has 0 aliphatic heterocycles. The zero-order chi connectivity index (χ0) is 10.3. The Morgan fingerprint density at radius 2 is 2.00 bits per heavy atom. The molecule has 0 heterocycles. The Labute approximate surface area is 99.8 Å². The van der Waals surface area contributed by atoms with Crippen LogP contribution in [0, 0.1) is 5.92 Å². The molecule has 0 aliphatic rings. The molecule has 0 unspecified atom stereocenters. The van der Waals surface area contributed by atoms with Gasteiger partial charge in [0.05, 0.1) is 5.88 Å². The number of alkyl halides is 2. The fraction of sp³-hybridized carbons (Fsp3) is 0.800. The lowest BCUT2D eigenvalue weighted by Crippen LogP contribution is -1.93. The van der Waals surface area contributed by atoms with Gasteiger partial charge in [-0.3, -0.25) is 0 Å². The maximum Gasteiger partial charge on any atom is 0.0581 e. The topological polar surface area (TPSA) is 0 Å². The smallest absolute Gasteiger partial charge is 0.0581 e. The van der Waals surface area contributed by atoms with Crippen molar-refractivity contribution >= 4 is 39.1 Å². The first kappa shape index (κ1) is 13.8. The van der Waals surface area contributed by atoms with E-state index >= 15 is 0 Å². The van der Waals surface area contributed by atoms with Crippen molar-refractivity contribution in [2.24, 2.45) is 5.92 Å². The highest BCUT2D eigenvalue weighted by Crippen LogP contribution is 2.20. The molecule has 0 fully saturated rings. The summed E-state index contributed by atoms with van der Waals surface area (Å²) < 4.78 is 0. The van der Waals surface area contributed by atoms with E-state index in [0.717, 1.165) is 22.7 Å². The van der Waals surface area contributed by atoms with Crippen LogP contribution in [0.3, 0.4) is 0 Å². The average Bonchev–Trinajstić information content (AvgIpc) is 2.11. The average molecular weight is 288 g/mol. The van der Waals surface area contributed by atoms with Gasteiger partial charge >= 0.3 is 0 Å². The monoisotopic (exact) mass is 286 g/mol. The summed E-state index contributed by atoms with van der Waals surface area (Å²) >= 11 is 15.0. The van der Waals surface area contributed by atoms with Crippen LogP contribution in [0.25, 0.3) is 0 Å². The first-order valence-corrected chi connectivity index (χ1v) is 6.63. The minimum atomic E-state index is 0.435. The molecule has 0 amide bonds. The highest BCUT2D eigenvalue weighted by Gasteiger charge is 2.03. The predicted octanol–water partition coefficient (Wildman–Crippen LogP) is 4.94. The second-order valence-electron chi connectivity index (χ2n) is 3.56. The van der Waals surface area contributed by atoms with Gasteiger partial charge in [0.1, 0.15) is 0 Å². The van der Waals surface area contributed by atoms with Gasteiger partial charge < -0.3 is 0 Å². The first-order valence-electron chi connectivity index (χ1n) is 4.60. The second kappa shape index (κ2) is 8.14. The number of hydrogen-bond acceptors (Lipinski definition) is 0. The van der Waals surface area contributed by atoms with Gasteiger partial charge in [-0.1, -0.05) is 47.8 Å². The van der Waals surface area contributed by atoms with E-state index in [4.69, 9.17) is 23.2 Å². The number of halogens is 3. The van der Waals surface area contributed by atoms with E-state index in [2.05, 4.69) is 29.8 Å². The van der Waals surface area contributed by atoms with Crippen molar-refractivity contribution in [3.8, 4) is 0 Å². The fourth-order valence-corrected chi connectivity index (χ4v) is 2.22. The summed E-state index contributed by atoms with van der Waals surface area (Å²) in [6.45, 7) is 4.47. The van der Waals surface area contributed by atoms with Crippen molar-refractivity contribution in [2.75, 3.05) is 11.2 Å². The number of rotatable bonds is 6. The van der Waals surface area contributed by atoms with Gasteiger partial charge in [0.25, 0.3) is 0 Å². The Morgan fingerprint density at radius 1 is 1.38 bits per heavy atom. The van der Waals surface area contributed by atoms with Crippen LogP contribution in [0.2, 0.25) is 0 Å². The van der Waals surface area contributed by atoms with Gasteiger partial charge in [0, 0.05) is 10.4 Å². The Balaban J connectivity index is 3.86. The Hall–Kier alpha value is 0.800. The summed E-state index contributed by atoms with van der Waals surface area (Å²) in [6.07, 6.45) is 3.52. The van der Waals surface area contributed by atoms with E-state index in [0.29, 0.717) is 5.88 Å². The summed E-state index contributed by atoms with van der Waals surface area (Å²) in [6, 6.07) is 0. The molecule has 0 aromatic rings. The quantitative estimate of drug-likeness (QED) is 0.607. The molecular formula is C10H17BrCl2. The predicted molar refractivity (Wildman–Crippen MR) is 66.1 cm³/mol. The van der Waals surface area contributed by atoms with Gasteiger partial charge in [0.15, 0.2) is 0 Å². The van der Waals surface area contributed by atoms with Crippen molar-refractivity contribution in [1.82, 2.24) is 0 Å². The van der Waals surface area contributed by atoms with Crippen LogP contribution in [-0.2, 0) is 0 Å². The van der Waals surface area contributed by atoms with Crippen LogP contribution < -0.4 is 0 Å². The molecule has 0 aromatic carbocycles. The first-order chi connectivity index (χ1) is 6.11. The van der Waals surface area contributed by atoms with Gasteiger partial charge in [-0.25, -0.2) is 0 Å². The summed E-state index contributed by atoms with van der Waals surface area (Å²) in [7, 11) is 0. The lowest BCUT2D eigenvalue weighted by atomic mass is 10.0. The highest BCUT2D eigenvalue weighted by molar-refractivity contribution is 9.09. The van der Waals surface area contributed by atoms with Crippen LogP contribution in [0.1, 0.15) is 33.1 Å². The van der Waals surface area contributed by atoms with E-state index in [1.165, 1.54) is 18.4 Å². The maximum absolute atomic E-state index is 5.96. The molecule has 0 rings (SSSR count). The maximum atomic E-state index is 5.96. The van der Waals surface area contributed by atoms with E-state index in [-0.39, 0.29) is 0 Å². The zero-order valence-corrected chi connectivity index (χ0v) is 11.3. The van der Waals surface area contributed by atoms with Crippen molar-refractivity contribution in [3.05, 3.63) is 10.6 Å². The van der Waals surface area contributed by atoms with E-state index in [1.807, 2.05) is 0 Å². The summed E-state index contributed by atoms with van der Waals surface area (Å²) in [4.78, 5) is 0. The number of allylic oxidation sites excluding steroid dienone is 2. The Kier molecular flexibility index (Phi) is 8.64. The molecule has 0 saturated carbocycles. The fourth-order valence-electron chi connectivity index (χ4n) is 1.09. The van der Waals surface area contributed by atoms with Crippen LogP contribution >= 0.6 is 39.1 Å². The largest absolute Gasteiger partial charge is 0.121 e. The van der Waals surface area contributed by atoms with Crippen molar-refractivity contribution in [2.45, 2.75) is 33.1 Å². The Bertz CT molecular complexity index is 164. The molecule has 3 heteroatoms. The zero-order valence-electron chi connectivity index (χ0n) is 8.25. The lowest BCUT2D eigenvalue weighted by molar-refractivity contribution is 0.555. The minimum Gasteiger partial charge on any atom is -0.121 e. The molecule has 78 valence electrons. The van der Waals surface area contributed by atoms with E-state index in [1.54, 1.807) is 0 Å². The third-order valence-electron chi connectivity index (χ3n) is 1.92. The number of hydrogen-bond donors (Lipinski definition) is 0. The van der Waals surface area contributed by atoms with Gasteiger partial charge in [0.2, 0.25) is 0 Å². The van der Waals surface area contributed by atoms with E-state index in [9.17, 15) is 0 Å². The van der Waals surface area contributed by atoms with Gasteiger partial charge in [-0.15, -0.1) is 11.6 Å². The molecule has 0 atom stereocenters. The SMILES string of the molecule is CC(C)CCC/C(CBr)=C(\Cl)CCl. The molecule has 0 nitrogen and oxygen atoms in total. The summed E-state index contributed by atoms with van der Waals surface area (Å²) in [5.74, 6) is 1.20. The molecule has 0 spiro atoms. The molecule has 13 heavy (non-hydrogen) atoms. The van der Waals surface area contributed by atoms with Crippen LogP contribution in [-0.4, -0.2) is 11.2 Å². The third-order valence-corrected chi connectivity index (χ3v) is 3.40. The summed E-state index contributed by atoms with van der Waals surface area (Å²) in [5, 5.41) is 1.65. The third kappa shape index (κ3) is 6.82.